The molecule has 1 saturated carbocycles. The van der Waals surface area contributed by atoms with Gasteiger partial charge in [-0.25, -0.2) is 13.6 Å². The highest BCUT2D eigenvalue weighted by Gasteiger charge is 2.24. The van der Waals surface area contributed by atoms with E-state index in [2.05, 4.69) is 5.32 Å². The minimum absolute atomic E-state index is 0.0127. The van der Waals surface area contributed by atoms with Crippen LogP contribution in [-0.2, 0) is 4.74 Å². The summed E-state index contributed by atoms with van der Waals surface area (Å²) in [6.45, 7) is -0.178. The summed E-state index contributed by atoms with van der Waals surface area (Å²) >= 11 is 0. The van der Waals surface area contributed by atoms with Crippen LogP contribution in [0.5, 0.6) is 0 Å². The topological polar surface area (TPSA) is 58.6 Å². The molecule has 0 saturated heterocycles. The Balaban J connectivity index is 1.75. The first-order valence-corrected chi connectivity index (χ1v) is 7.06. The van der Waals surface area contributed by atoms with Gasteiger partial charge in [0, 0.05) is 11.6 Å². The fraction of sp³-hybridized carbons (Fsp3) is 0.533. The van der Waals surface area contributed by atoms with E-state index < -0.39 is 18.1 Å². The Morgan fingerprint density at radius 2 is 2.00 bits per heavy atom. The zero-order chi connectivity index (χ0) is 15.2. The molecule has 2 N–H and O–H groups in total. The molecule has 0 aliphatic heterocycles. The van der Waals surface area contributed by atoms with Crippen molar-refractivity contribution in [3.8, 4) is 0 Å². The van der Waals surface area contributed by atoms with E-state index in [1.54, 1.807) is 6.07 Å². The molecule has 4 nitrogen and oxygen atoms in total. The van der Waals surface area contributed by atoms with Crippen LogP contribution in [0.2, 0.25) is 0 Å². The van der Waals surface area contributed by atoms with Crippen molar-refractivity contribution >= 4 is 6.09 Å². The second-order valence-electron chi connectivity index (χ2n) is 5.25. The summed E-state index contributed by atoms with van der Waals surface area (Å²) in [4.78, 5) is 10.5. The molecule has 0 heterocycles. The predicted molar refractivity (Wildman–Crippen MR) is 73.4 cm³/mol. The smallest absolute Gasteiger partial charge is 0.404 e. The van der Waals surface area contributed by atoms with Gasteiger partial charge in [0.2, 0.25) is 0 Å². The number of hydrogen-bond donors (Lipinski definition) is 2. The summed E-state index contributed by atoms with van der Waals surface area (Å²) in [5.41, 5.74) is 0.0127. The van der Waals surface area contributed by atoms with Crippen LogP contribution >= 0.6 is 0 Å². The monoisotopic (exact) mass is 299 g/mol. The number of ether oxygens (including phenoxy) is 1. The van der Waals surface area contributed by atoms with Gasteiger partial charge in [-0.1, -0.05) is 18.2 Å². The van der Waals surface area contributed by atoms with E-state index in [1.807, 2.05) is 0 Å². The molecule has 2 rings (SSSR count). The Kier molecular flexibility index (Phi) is 5.50. The zero-order valence-electron chi connectivity index (χ0n) is 11.6. The predicted octanol–water partition coefficient (Wildman–Crippen LogP) is 3.43. The molecule has 1 aliphatic carbocycles. The normalized spacial score (nSPS) is 23.5. The van der Waals surface area contributed by atoms with Gasteiger partial charge < -0.3 is 15.2 Å². The number of nitrogens with one attached hydrogen (secondary N) is 1. The van der Waals surface area contributed by atoms with Gasteiger partial charge in [-0.3, -0.25) is 0 Å². The van der Waals surface area contributed by atoms with Crippen molar-refractivity contribution in [2.75, 3.05) is 6.61 Å². The molecule has 1 amide bonds. The van der Waals surface area contributed by atoms with Crippen molar-refractivity contribution in [1.29, 1.82) is 0 Å². The molecule has 21 heavy (non-hydrogen) atoms. The van der Waals surface area contributed by atoms with Crippen LogP contribution in [0.15, 0.2) is 24.3 Å². The first kappa shape index (κ1) is 15.7. The van der Waals surface area contributed by atoms with Gasteiger partial charge in [-0.05, 0) is 31.7 Å². The van der Waals surface area contributed by atoms with Crippen LogP contribution in [0.1, 0.15) is 37.4 Å². The Hall–Kier alpha value is -1.69. The maximum Gasteiger partial charge on any atom is 0.404 e. The Labute approximate surface area is 122 Å². The summed E-state index contributed by atoms with van der Waals surface area (Å²) in [5, 5.41) is 11.1. The number of carboxylic acid groups (broad SMARTS) is 1. The lowest BCUT2D eigenvalue weighted by molar-refractivity contribution is -0.00572. The Morgan fingerprint density at radius 3 is 2.62 bits per heavy atom. The highest BCUT2D eigenvalue weighted by atomic mass is 19.1. The van der Waals surface area contributed by atoms with Crippen molar-refractivity contribution in [1.82, 2.24) is 5.32 Å². The molecular weight excluding hydrogens is 280 g/mol. The molecule has 6 heteroatoms. The lowest BCUT2D eigenvalue weighted by atomic mass is 9.93. The molecule has 0 bridgehead atoms. The van der Waals surface area contributed by atoms with E-state index in [0.717, 1.165) is 0 Å². The van der Waals surface area contributed by atoms with Crippen molar-refractivity contribution in [2.45, 2.75) is 44.0 Å². The lowest BCUT2D eigenvalue weighted by Gasteiger charge is -2.28. The van der Waals surface area contributed by atoms with E-state index in [-0.39, 0.29) is 24.3 Å². The van der Waals surface area contributed by atoms with Crippen LogP contribution in [0, 0.1) is 5.82 Å². The SMILES string of the molecule is O=C(O)N[C@H]1CC[C@H](OCC(F)c2ccccc2F)CC1. The summed E-state index contributed by atoms with van der Waals surface area (Å²) in [6.07, 6.45) is 0.0937. The standard InChI is InChI=1S/C15H19F2NO3/c16-13-4-2-1-3-12(13)14(17)9-21-11-7-5-10(6-8-11)18-15(19)20/h1-4,10-11,14,18H,5-9H2,(H,19,20)/t10-,11-,14?. The van der Waals surface area contributed by atoms with Gasteiger partial charge >= 0.3 is 6.09 Å². The van der Waals surface area contributed by atoms with Crippen LogP contribution in [0.25, 0.3) is 0 Å². The third-order valence-corrected chi connectivity index (χ3v) is 3.72. The van der Waals surface area contributed by atoms with Crippen LogP contribution < -0.4 is 5.32 Å². The second-order valence-corrected chi connectivity index (χ2v) is 5.25. The molecule has 1 fully saturated rings. The number of rotatable bonds is 5. The number of halogens is 2. The summed E-state index contributed by atoms with van der Waals surface area (Å²) < 4.78 is 32.9. The molecule has 1 atom stereocenters. The van der Waals surface area contributed by atoms with E-state index in [9.17, 15) is 13.6 Å². The maximum atomic E-state index is 13.9. The molecule has 1 unspecified atom stereocenters. The summed E-state index contributed by atoms with van der Waals surface area (Å²) in [6, 6.07) is 5.69. The van der Waals surface area contributed by atoms with Crippen LogP contribution in [0.4, 0.5) is 13.6 Å². The third kappa shape index (κ3) is 4.67. The summed E-state index contributed by atoms with van der Waals surface area (Å²) in [7, 11) is 0. The molecule has 1 aromatic carbocycles. The van der Waals surface area contributed by atoms with Crippen molar-refractivity contribution in [2.24, 2.45) is 0 Å². The minimum Gasteiger partial charge on any atom is -0.465 e. The van der Waals surface area contributed by atoms with Gasteiger partial charge in [0.05, 0.1) is 12.7 Å². The van der Waals surface area contributed by atoms with Gasteiger partial charge in [0.1, 0.15) is 5.82 Å². The first-order chi connectivity index (χ1) is 10.1. The minimum atomic E-state index is -1.49. The Bertz CT molecular complexity index is 476. The molecule has 1 aromatic rings. The highest BCUT2D eigenvalue weighted by Crippen LogP contribution is 2.25. The van der Waals surface area contributed by atoms with E-state index >= 15 is 0 Å². The van der Waals surface area contributed by atoms with Crippen LogP contribution in [-0.4, -0.2) is 30.0 Å². The number of alkyl halides is 1. The number of amides is 1. The van der Waals surface area contributed by atoms with Gasteiger partial charge in [-0.2, -0.15) is 0 Å². The third-order valence-electron chi connectivity index (χ3n) is 3.72. The van der Waals surface area contributed by atoms with Gasteiger partial charge in [0.15, 0.2) is 6.17 Å². The molecule has 0 radical (unpaired) electrons. The molecule has 0 spiro atoms. The fourth-order valence-electron chi connectivity index (χ4n) is 2.59. The highest BCUT2D eigenvalue weighted by molar-refractivity contribution is 5.64. The largest absolute Gasteiger partial charge is 0.465 e. The van der Waals surface area contributed by atoms with E-state index in [1.165, 1.54) is 18.2 Å². The maximum absolute atomic E-state index is 13.9. The molecular formula is C15H19F2NO3. The van der Waals surface area contributed by atoms with Crippen molar-refractivity contribution in [3.05, 3.63) is 35.6 Å². The van der Waals surface area contributed by atoms with Gasteiger partial charge in [0.25, 0.3) is 0 Å². The van der Waals surface area contributed by atoms with E-state index in [4.69, 9.17) is 9.84 Å². The van der Waals surface area contributed by atoms with Gasteiger partial charge in [-0.15, -0.1) is 0 Å². The first-order valence-electron chi connectivity index (χ1n) is 7.06. The number of hydrogen-bond acceptors (Lipinski definition) is 2. The van der Waals surface area contributed by atoms with Crippen molar-refractivity contribution in [3.63, 3.8) is 0 Å². The van der Waals surface area contributed by atoms with E-state index in [0.29, 0.717) is 25.7 Å². The molecule has 0 aromatic heterocycles. The summed E-state index contributed by atoms with van der Waals surface area (Å²) in [5.74, 6) is -0.567. The lowest BCUT2D eigenvalue weighted by Crippen LogP contribution is -2.38. The molecule has 116 valence electrons. The molecule has 1 aliphatic rings. The van der Waals surface area contributed by atoms with Crippen molar-refractivity contribution < 1.29 is 23.4 Å². The fourth-order valence-corrected chi connectivity index (χ4v) is 2.59. The zero-order valence-corrected chi connectivity index (χ0v) is 11.6. The number of carbonyl (C=O) groups is 1. The second kappa shape index (κ2) is 7.36. The average Bonchev–Trinajstić information content (AvgIpc) is 2.46. The average molecular weight is 299 g/mol. The quantitative estimate of drug-likeness (QED) is 0.875. The van der Waals surface area contributed by atoms with Crippen LogP contribution in [0.3, 0.4) is 0 Å². The number of benzene rings is 1. The Morgan fingerprint density at radius 1 is 1.33 bits per heavy atom.